The minimum absolute atomic E-state index is 0.0331. The predicted molar refractivity (Wildman–Crippen MR) is 73.1 cm³/mol. The predicted octanol–water partition coefficient (Wildman–Crippen LogP) is 2.71. The molecule has 0 aliphatic carbocycles. The van der Waals surface area contributed by atoms with Crippen molar-refractivity contribution in [1.82, 2.24) is 0 Å². The van der Waals surface area contributed by atoms with Crippen molar-refractivity contribution < 1.29 is 17.8 Å². The van der Waals surface area contributed by atoms with E-state index in [4.69, 9.17) is 5.26 Å². The molecular weight excluding hydrogens is 296 g/mol. The fourth-order valence-corrected chi connectivity index (χ4v) is 5.43. The van der Waals surface area contributed by atoms with Gasteiger partial charge in [-0.1, -0.05) is 0 Å². The van der Waals surface area contributed by atoms with Crippen LogP contribution in [0.2, 0.25) is 0 Å². The topological polar surface area (TPSA) is 57.9 Å². The number of benzene rings is 1. The number of halogens is 2. The Balaban J connectivity index is 1.87. The van der Waals surface area contributed by atoms with E-state index in [1.807, 2.05) is 0 Å². The Hall–Kier alpha value is -1.61. The quantitative estimate of drug-likeness (QED) is 0.789. The molecule has 21 heavy (non-hydrogen) atoms. The van der Waals surface area contributed by atoms with E-state index in [1.54, 1.807) is 0 Å². The summed E-state index contributed by atoms with van der Waals surface area (Å²) < 4.78 is 39.1. The molecule has 1 aromatic carbocycles. The van der Waals surface area contributed by atoms with Gasteiger partial charge in [0.1, 0.15) is 23.3 Å². The molecule has 0 spiro atoms. The van der Waals surface area contributed by atoms with Crippen LogP contribution in [0.1, 0.15) is 41.6 Å². The molecule has 2 aliphatic rings. The Kier molecular flexibility index (Phi) is 3.62. The standard InChI is InChI=1S/C15H13F2NO2S/c16-13-5-9(6-14(17)12(13)7-18)15(19)8-3-10-1-2-11(4-8)21(10)20/h5-6,8,10-11H,1-4H2. The zero-order valence-corrected chi connectivity index (χ0v) is 12.0. The summed E-state index contributed by atoms with van der Waals surface area (Å²) >= 11 is 0. The van der Waals surface area contributed by atoms with Gasteiger partial charge in [-0.15, -0.1) is 0 Å². The van der Waals surface area contributed by atoms with E-state index < -0.39 is 28.0 Å². The lowest BCUT2D eigenvalue weighted by molar-refractivity contribution is 0.0905. The van der Waals surface area contributed by atoms with Crippen molar-refractivity contribution in [3.8, 4) is 6.07 Å². The summed E-state index contributed by atoms with van der Waals surface area (Å²) in [5, 5.41) is 8.70. The molecule has 0 radical (unpaired) electrons. The largest absolute Gasteiger partial charge is 0.294 e. The van der Waals surface area contributed by atoms with E-state index in [2.05, 4.69) is 0 Å². The Bertz CT molecular complexity index is 644. The summed E-state index contributed by atoms with van der Waals surface area (Å²) in [5.41, 5.74) is -0.711. The number of carbonyl (C=O) groups is 1. The molecule has 0 saturated carbocycles. The zero-order chi connectivity index (χ0) is 15.1. The van der Waals surface area contributed by atoms with Crippen molar-refractivity contribution in [3.05, 3.63) is 34.9 Å². The van der Waals surface area contributed by atoms with Crippen LogP contribution in [0.5, 0.6) is 0 Å². The summed E-state index contributed by atoms with van der Waals surface area (Å²) in [7, 11) is -0.870. The maximum absolute atomic E-state index is 13.6. The highest BCUT2D eigenvalue weighted by Gasteiger charge is 2.43. The van der Waals surface area contributed by atoms with Gasteiger partial charge in [-0.25, -0.2) is 8.78 Å². The van der Waals surface area contributed by atoms with Crippen LogP contribution in [0.3, 0.4) is 0 Å². The van der Waals surface area contributed by atoms with Gasteiger partial charge in [0.15, 0.2) is 5.78 Å². The van der Waals surface area contributed by atoms with E-state index in [0.29, 0.717) is 12.8 Å². The van der Waals surface area contributed by atoms with Crippen LogP contribution < -0.4 is 0 Å². The molecule has 0 amide bonds. The molecule has 3 rings (SSSR count). The number of carbonyl (C=O) groups excluding carboxylic acids is 1. The van der Waals surface area contributed by atoms with Gasteiger partial charge in [0.25, 0.3) is 0 Å². The second-order valence-electron chi connectivity index (χ2n) is 5.61. The number of hydrogen-bond acceptors (Lipinski definition) is 3. The maximum atomic E-state index is 13.6. The third kappa shape index (κ3) is 2.40. The average molecular weight is 309 g/mol. The van der Waals surface area contributed by atoms with E-state index in [9.17, 15) is 17.8 Å². The second-order valence-corrected chi connectivity index (χ2v) is 7.60. The summed E-state index contributed by atoms with van der Waals surface area (Å²) in [6.45, 7) is 0. The van der Waals surface area contributed by atoms with Gasteiger partial charge in [-0.3, -0.25) is 9.00 Å². The normalized spacial score (nSPS) is 30.9. The Morgan fingerprint density at radius 1 is 1.19 bits per heavy atom. The van der Waals surface area contributed by atoms with Crippen LogP contribution in [0.25, 0.3) is 0 Å². The smallest absolute Gasteiger partial charge is 0.166 e. The van der Waals surface area contributed by atoms with Crippen LogP contribution in [0, 0.1) is 28.9 Å². The van der Waals surface area contributed by atoms with Gasteiger partial charge >= 0.3 is 0 Å². The highest BCUT2D eigenvalue weighted by atomic mass is 32.2. The lowest BCUT2D eigenvalue weighted by Gasteiger charge is -2.26. The van der Waals surface area contributed by atoms with Crippen molar-refractivity contribution >= 4 is 16.6 Å². The highest BCUT2D eigenvalue weighted by Crippen LogP contribution is 2.40. The second kappa shape index (κ2) is 5.30. The molecule has 2 aliphatic heterocycles. The minimum Gasteiger partial charge on any atom is -0.294 e. The number of nitrogens with zero attached hydrogens (tertiary/aromatic N) is 1. The first-order valence-corrected chi connectivity index (χ1v) is 8.11. The maximum Gasteiger partial charge on any atom is 0.166 e. The SMILES string of the molecule is N#Cc1c(F)cc(C(=O)C2CC3CCC(C2)S3=O)cc1F. The fraction of sp³-hybridized carbons (Fsp3) is 0.467. The van der Waals surface area contributed by atoms with Gasteiger partial charge in [-0.2, -0.15) is 5.26 Å². The molecule has 6 heteroatoms. The summed E-state index contributed by atoms with van der Waals surface area (Å²) in [5.74, 6) is -2.66. The molecule has 2 atom stereocenters. The number of rotatable bonds is 2. The Morgan fingerprint density at radius 3 is 2.19 bits per heavy atom. The van der Waals surface area contributed by atoms with Crippen LogP contribution in [-0.4, -0.2) is 20.5 Å². The molecular formula is C15H13F2NO2S. The van der Waals surface area contributed by atoms with Gasteiger partial charge in [0.05, 0.1) is 0 Å². The third-order valence-electron chi connectivity index (χ3n) is 4.37. The number of nitriles is 1. The summed E-state index contributed by atoms with van der Waals surface area (Å²) in [6, 6.07) is 3.29. The number of ketones is 1. The summed E-state index contributed by atoms with van der Waals surface area (Å²) in [6.07, 6.45) is 2.75. The minimum atomic E-state index is -1.01. The molecule has 110 valence electrons. The lowest BCUT2D eigenvalue weighted by atomic mass is 9.90. The Morgan fingerprint density at radius 2 is 1.71 bits per heavy atom. The fourth-order valence-electron chi connectivity index (χ4n) is 3.30. The van der Waals surface area contributed by atoms with E-state index >= 15 is 0 Å². The zero-order valence-electron chi connectivity index (χ0n) is 11.1. The lowest BCUT2D eigenvalue weighted by Crippen LogP contribution is -2.32. The van der Waals surface area contributed by atoms with Crippen molar-refractivity contribution in [1.29, 1.82) is 5.26 Å². The Labute approximate surface area is 123 Å². The van der Waals surface area contributed by atoms with Crippen LogP contribution >= 0.6 is 0 Å². The third-order valence-corrected chi connectivity index (χ3v) is 6.54. The average Bonchev–Trinajstić information content (AvgIpc) is 2.67. The van der Waals surface area contributed by atoms with Gasteiger partial charge < -0.3 is 0 Å². The molecule has 2 heterocycles. The van der Waals surface area contributed by atoms with Gasteiger partial charge in [0, 0.05) is 32.8 Å². The first-order valence-electron chi connectivity index (χ1n) is 6.84. The van der Waals surface area contributed by atoms with E-state index in [1.165, 1.54) is 6.07 Å². The molecule has 2 bridgehead atoms. The van der Waals surface area contributed by atoms with Crippen LogP contribution in [-0.2, 0) is 10.8 Å². The van der Waals surface area contributed by atoms with Crippen LogP contribution in [0.15, 0.2) is 12.1 Å². The monoisotopic (exact) mass is 309 g/mol. The summed E-state index contributed by atoms with van der Waals surface area (Å²) in [4.78, 5) is 12.4. The van der Waals surface area contributed by atoms with Crippen LogP contribution in [0.4, 0.5) is 8.78 Å². The first kappa shape index (κ1) is 14.3. The number of Topliss-reactive ketones (excluding diaryl/α,β-unsaturated/α-hetero) is 1. The molecule has 2 saturated heterocycles. The molecule has 2 unspecified atom stereocenters. The van der Waals surface area contributed by atoms with Gasteiger partial charge in [0.2, 0.25) is 0 Å². The van der Waals surface area contributed by atoms with E-state index in [-0.39, 0.29) is 27.8 Å². The molecule has 1 aromatic rings. The van der Waals surface area contributed by atoms with Crippen molar-refractivity contribution in [2.75, 3.05) is 0 Å². The van der Waals surface area contributed by atoms with E-state index in [0.717, 1.165) is 25.0 Å². The van der Waals surface area contributed by atoms with Crippen molar-refractivity contribution in [2.24, 2.45) is 5.92 Å². The highest BCUT2D eigenvalue weighted by molar-refractivity contribution is 7.86. The molecule has 3 nitrogen and oxygen atoms in total. The molecule has 0 N–H and O–H groups in total. The molecule has 0 aromatic heterocycles. The number of fused-ring (bicyclic) bond motifs is 2. The number of hydrogen-bond donors (Lipinski definition) is 0. The van der Waals surface area contributed by atoms with Gasteiger partial charge in [-0.05, 0) is 37.8 Å². The molecule has 2 fully saturated rings. The van der Waals surface area contributed by atoms with Crippen molar-refractivity contribution in [3.63, 3.8) is 0 Å². The van der Waals surface area contributed by atoms with Crippen molar-refractivity contribution in [2.45, 2.75) is 36.2 Å². The first-order chi connectivity index (χ1) is 10.0.